The fraction of sp³-hybridized carbons (Fsp3) is 0.190. The molecule has 2 heterocycles. The van der Waals surface area contributed by atoms with Gasteiger partial charge in [-0.05, 0) is 42.3 Å². The van der Waals surface area contributed by atoms with Gasteiger partial charge in [0.1, 0.15) is 6.54 Å². The van der Waals surface area contributed by atoms with Crippen LogP contribution in [0.4, 0.5) is 0 Å². The Morgan fingerprint density at radius 1 is 1.04 bits per heavy atom. The predicted molar refractivity (Wildman–Crippen MR) is 107 cm³/mol. The lowest BCUT2D eigenvalue weighted by atomic mass is 10.1. The molecule has 0 fully saturated rings. The van der Waals surface area contributed by atoms with Crippen LogP contribution in [0, 0.1) is 0 Å². The summed E-state index contributed by atoms with van der Waals surface area (Å²) < 4.78 is 4.86. The van der Waals surface area contributed by atoms with Crippen LogP contribution in [0.15, 0.2) is 71.8 Å². The maximum atomic E-state index is 12.4. The molecule has 0 aliphatic rings. The van der Waals surface area contributed by atoms with E-state index in [1.54, 1.807) is 22.5 Å². The lowest BCUT2D eigenvalue weighted by Gasteiger charge is -2.07. The SMILES string of the molecule is Cn1c(=O)n(CC(=O)NCCc2ccc(-n3cccn3)cc2)c2ccccc21. The van der Waals surface area contributed by atoms with E-state index in [0.717, 1.165) is 28.7 Å². The molecular weight excluding hydrogens is 354 g/mol. The molecule has 2 aromatic heterocycles. The van der Waals surface area contributed by atoms with Gasteiger partial charge in [0, 0.05) is 26.0 Å². The van der Waals surface area contributed by atoms with Crippen molar-refractivity contribution in [3.63, 3.8) is 0 Å². The monoisotopic (exact) mass is 375 g/mol. The molecule has 0 aliphatic heterocycles. The highest BCUT2D eigenvalue weighted by atomic mass is 16.2. The van der Waals surface area contributed by atoms with Gasteiger partial charge in [-0.3, -0.25) is 13.9 Å². The van der Waals surface area contributed by atoms with Gasteiger partial charge < -0.3 is 5.32 Å². The summed E-state index contributed by atoms with van der Waals surface area (Å²) in [6, 6.07) is 17.4. The molecule has 142 valence electrons. The first kappa shape index (κ1) is 17.8. The number of aromatic nitrogens is 4. The van der Waals surface area contributed by atoms with E-state index < -0.39 is 0 Å². The van der Waals surface area contributed by atoms with Crippen molar-refractivity contribution in [2.75, 3.05) is 6.54 Å². The quantitative estimate of drug-likeness (QED) is 0.559. The van der Waals surface area contributed by atoms with Crippen LogP contribution in [-0.4, -0.2) is 31.4 Å². The average molecular weight is 375 g/mol. The van der Waals surface area contributed by atoms with Gasteiger partial charge in [-0.2, -0.15) is 5.10 Å². The number of hydrogen-bond acceptors (Lipinski definition) is 3. The van der Waals surface area contributed by atoms with Crippen molar-refractivity contribution < 1.29 is 4.79 Å². The molecule has 0 radical (unpaired) electrons. The Hall–Kier alpha value is -3.61. The number of benzene rings is 2. The minimum absolute atomic E-state index is 0.0123. The highest BCUT2D eigenvalue weighted by Crippen LogP contribution is 2.11. The van der Waals surface area contributed by atoms with Crippen molar-refractivity contribution in [3.05, 3.63) is 83.0 Å². The molecule has 0 atom stereocenters. The number of aryl methyl sites for hydroxylation is 1. The first-order chi connectivity index (χ1) is 13.6. The Morgan fingerprint density at radius 2 is 1.79 bits per heavy atom. The Bertz CT molecular complexity index is 1150. The van der Waals surface area contributed by atoms with Crippen LogP contribution < -0.4 is 11.0 Å². The lowest BCUT2D eigenvalue weighted by Crippen LogP contribution is -2.33. The number of amides is 1. The van der Waals surface area contributed by atoms with E-state index in [9.17, 15) is 9.59 Å². The molecule has 7 heteroatoms. The fourth-order valence-corrected chi connectivity index (χ4v) is 3.30. The second-order valence-corrected chi connectivity index (χ2v) is 6.63. The minimum atomic E-state index is -0.189. The highest BCUT2D eigenvalue weighted by Gasteiger charge is 2.12. The summed E-state index contributed by atoms with van der Waals surface area (Å²) in [5.74, 6) is -0.174. The van der Waals surface area contributed by atoms with Crippen molar-refractivity contribution in [2.24, 2.45) is 7.05 Å². The molecule has 1 N–H and O–H groups in total. The van der Waals surface area contributed by atoms with Crippen molar-refractivity contribution in [2.45, 2.75) is 13.0 Å². The van der Waals surface area contributed by atoms with Gasteiger partial charge in [0.25, 0.3) is 0 Å². The summed E-state index contributed by atoms with van der Waals surface area (Å²) in [6.45, 7) is 0.526. The maximum absolute atomic E-state index is 12.4. The van der Waals surface area contributed by atoms with Gasteiger partial charge in [0.2, 0.25) is 5.91 Å². The van der Waals surface area contributed by atoms with Crippen LogP contribution in [0.3, 0.4) is 0 Å². The zero-order chi connectivity index (χ0) is 19.5. The normalized spacial score (nSPS) is 11.0. The zero-order valence-electron chi connectivity index (χ0n) is 15.6. The Morgan fingerprint density at radius 3 is 2.50 bits per heavy atom. The smallest absolute Gasteiger partial charge is 0.329 e. The van der Waals surface area contributed by atoms with Crippen LogP contribution in [0.5, 0.6) is 0 Å². The Balaban J connectivity index is 1.35. The molecule has 0 unspecified atom stereocenters. The van der Waals surface area contributed by atoms with Crippen LogP contribution in [-0.2, 0) is 24.8 Å². The number of para-hydroxylation sites is 2. The van der Waals surface area contributed by atoms with Crippen LogP contribution in [0.2, 0.25) is 0 Å². The summed E-state index contributed by atoms with van der Waals surface area (Å²) in [7, 11) is 1.71. The Labute approximate surface area is 161 Å². The Kier molecular flexibility index (Phi) is 4.80. The number of carbonyl (C=O) groups excluding carboxylic acids is 1. The molecule has 28 heavy (non-hydrogen) atoms. The van der Waals surface area contributed by atoms with Crippen LogP contribution in [0.25, 0.3) is 16.7 Å². The standard InChI is InChI=1S/C21H21N5O2/c1-24-18-5-2-3-6-19(18)25(21(24)28)15-20(27)22-13-11-16-7-9-17(10-8-16)26-14-4-12-23-26/h2-10,12,14H,11,13,15H2,1H3,(H,22,27). The van der Waals surface area contributed by atoms with E-state index in [4.69, 9.17) is 0 Å². The van der Waals surface area contributed by atoms with E-state index in [1.165, 1.54) is 4.57 Å². The number of imidazole rings is 1. The topological polar surface area (TPSA) is 73.8 Å². The number of hydrogen-bond donors (Lipinski definition) is 1. The van der Waals surface area contributed by atoms with Gasteiger partial charge in [-0.15, -0.1) is 0 Å². The van der Waals surface area contributed by atoms with E-state index >= 15 is 0 Å². The molecule has 1 amide bonds. The molecule has 4 rings (SSSR count). The van der Waals surface area contributed by atoms with Crippen molar-refractivity contribution in [3.8, 4) is 5.69 Å². The van der Waals surface area contributed by atoms with Gasteiger partial charge in [-0.1, -0.05) is 24.3 Å². The number of nitrogens with zero attached hydrogens (tertiary/aromatic N) is 4. The average Bonchev–Trinajstić information content (AvgIpc) is 3.33. The van der Waals surface area contributed by atoms with Gasteiger partial charge in [0.05, 0.1) is 16.7 Å². The van der Waals surface area contributed by atoms with E-state index in [2.05, 4.69) is 10.4 Å². The maximum Gasteiger partial charge on any atom is 0.329 e. The van der Waals surface area contributed by atoms with Gasteiger partial charge in [0.15, 0.2) is 0 Å². The summed E-state index contributed by atoms with van der Waals surface area (Å²) >= 11 is 0. The van der Waals surface area contributed by atoms with Gasteiger partial charge in [-0.25, -0.2) is 9.48 Å². The van der Waals surface area contributed by atoms with E-state index in [-0.39, 0.29) is 18.1 Å². The molecule has 2 aromatic carbocycles. The summed E-state index contributed by atoms with van der Waals surface area (Å²) in [6.07, 6.45) is 4.35. The number of carbonyl (C=O) groups is 1. The predicted octanol–water partition coefficient (Wildman–Crippen LogP) is 1.88. The van der Waals surface area contributed by atoms with Crippen molar-refractivity contribution in [1.82, 2.24) is 24.2 Å². The molecule has 0 aliphatic carbocycles. The minimum Gasteiger partial charge on any atom is -0.354 e. The largest absolute Gasteiger partial charge is 0.354 e. The molecular formula is C21H21N5O2. The zero-order valence-corrected chi connectivity index (χ0v) is 15.6. The van der Waals surface area contributed by atoms with Crippen LogP contribution >= 0.6 is 0 Å². The third-order valence-corrected chi connectivity index (χ3v) is 4.79. The number of rotatable bonds is 6. The highest BCUT2D eigenvalue weighted by molar-refractivity contribution is 5.80. The van der Waals surface area contributed by atoms with Crippen LogP contribution in [0.1, 0.15) is 5.56 Å². The number of nitrogens with one attached hydrogen (secondary N) is 1. The molecule has 0 spiro atoms. The summed E-state index contributed by atoms with van der Waals surface area (Å²) in [5.41, 5.74) is 3.51. The van der Waals surface area contributed by atoms with Crippen molar-refractivity contribution >= 4 is 16.9 Å². The first-order valence-electron chi connectivity index (χ1n) is 9.13. The molecule has 0 bridgehead atoms. The second-order valence-electron chi connectivity index (χ2n) is 6.63. The van der Waals surface area contributed by atoms with E-state index in [1.807, 2.05) is 60.8 Å². The third-order valence-electron chi connectivity index (χ3n) is 4.79. The second kappa shape index (κ2) is 7.56. The lowest BCUT2D eigenvalue weighted by molar-refractivity contribution is -0.121. The molecule has 0 saturated carbocycles. The fourth-order valence-electron chi connectivity index (χ4n) is 3.30. The van der Waals surface area contributed by atoms with E-state index in [0.29, 0.717) is 6.54 Å². The van der Waals surface area contributed by atoms with Crippen molar-refractivity contribution in [1.29, 1.82) is 0 Å². The van der Waals surface area contributed by atoms with Gasteiger partial charge >= 0.3 is 5.69 Å². The molecule has 4 aromatic rings. The molecule has 0 saturated heterocycles. The first-order valence-corrected chi connectivity index (χ1v) is 9.13. The third kappa shape index (κ3) is 3.46. The number of fused-ring (bicyclic) bond motifs is 1. The molecule has 7 nitrogen and oxygen atoms in total. The summed E-state index contributed by atoms with van der Waals surface area (Å²) in [4.78, 5) is 24.7. The summed E-state index contributed by atoms with van der Waals surface area (Å²) in [5, 5.41) is 7.10.